The van der Waals surface area contributed by atoms with E-state index in [1.807, 2.05) is 35.2 Å². The van der Waals surface area contributed by atoms with Crippen molar-refractivity contribution in [1.82, 2.24) is 24.8 Å². The maximum Gasteiger partial charge on any atom is 0.276 e. The van der Waals surface area contributed by atoms with Crippen molar-refractivity contribution in [3.05, 3.63) is 47.8 Å². The second-order valence-corrected chi connectivity index (χ2v) is 6.61. The zero-order valence-electron chi connectivity index (χ0n) is 13.3. The molecule has 2 aromatic rings. The van der Waals surface area contributed by atoms with Gasteiger partial charge in [-0.05, 0) is 25.5 Å². The summed E-state index contributed by atoms with van der Waals surface area (Å²) in [6, 6.07) is 10.7. The number of benzene rings is 1. The van der Waals surface area contributed by atoms with E-state index in [-0.39, 0.29) is 5.91 Å². The van der Waals surface area contributed by atoms with E-state index in [4.69, 9.17) is 0 Å². The van der Waals surface area contributed by atoms with Gasteiger partial charge in [0.05, 0.1) is 12.7 Å². The Morgan fingerprint density at radius 2 is 1.87 bits per heavy atom. The number of nitrogens with zero attached hydrogens (tertiary/aromatic N) is 5. The number of carbonyl (C=O) groups excluding carboxylic acids is 1. The fourth-order valence-electron chi connectivity index (χ4n) is 3.82. The Hall–Kier alpha value is -2.21. The van der Waals surface area contributed by atoms with Crippen LogP contribution in [0.1, 0.15) is 28.9 Å². The third-order valence-electron chi connectivity index (χ3n) is 4.84. The van der Waals surface area contributed by atoms with Gasteiger partial charge in [0.25, 0.3) is 5.91 Å². The van der Waals surface area contributed by atoms with Crippen molar-refractivity contribution in [2.75, 3.05) is 20.1 Å². The minimum absolute atomic E-state index is 0.0323. The van der Waals surface area contributed by atoms with Crippen LogP contribution in [0.25, 0.3) is 0 Å². The number of rotatable bonds is 3. The fourth-order valence-corrected chi connectivity index (χ4v) is 3.82. The van der Waals surface area contributed by atoms with Gasteiger partial charge in [0.1, 0.15) is 0 Å². The van der Waals surface area contributed by atoms with Gasteiger partial charge in [0.2, 0.25) is 0 Å². The van der Waals surface area contributed by atoms with E-state index in [0.717, 1.165) is 31.5 Å². The first-order valence-corrected chi connectivity index (χ1v) is 8.16. The molecule has 2 fully saturated rings. The van der Waals surface area contributed by atoms with Crippen LogP contribution in [0.4, 0.5) is 0 Å². The topological polar surface area (TPSA) is 54.3 Å². The monoisotopic (exact) mass is 311 g/mol. The van der Waals surface area contributed by atoms with Gasteiger partial charge in [-0.1, -0.05) is 35.5 Å². The third kappa shape index (κ3) is 2.74. The van der Waals surface area contributed by atoms with Gasteiger partial charge >= 0.3 is 0 Å². The SMILES string of the molecule is CN1CC2CCC(C1)N2C(=O)c1cn(Cc2ccccc2)nn1. The molecule has 4 rings (SSSR count). The molecule has 0 saturated carbocycles. The number of fused-ring (bicyclic) bond motifs is 2. The van der Waals surface area contributed by atoms with Crippen LogP contribution in [-0.4, -0.2) is 62.9 Å². The van der Waals surface area contributed by atoms with Crippen LogP contribution in [0.3, 0.4) is 0 Å². The number of likely N-dealkylation sites (tertiary alicyclic amines) is 1. The van der Waals surface area contributed by atoms with Crippen LogP contribution in [0, 0.1) is 0 Å². The Balaban J connectivity index is 1.50. The van der Waals surface area contributed by atoms with E-state index >= 15 is 0 Å². The highest BCUT2D eigenvalue weighted by atomic mass is 16.2. The summed E-state index contributed by atoms with van der Waals surface area (Å²) in [6.45, 7) is 2.55. The molecule has 2 atom stereocenters. The average Bonchev–Trinajstić information content (AvgIpc) is 3.11. The lowest BCUT2D eigenvalue weighted by molar-refractivity contribution is 0.0467. The van der Waals surface area contributed by atoms with E-state index in [2.05, 4.69) is 22.3 Å². The van der Waals surface area contributed by atoms with Crippen molar-refractivity contribution in [1.29, 1.82) is 0 Å². The number of aromatic nitrogens is 3. The van der Waals surface area contributed by atoms with E-state index < -0.39 is 0 Å². The largest absolute Gasteiger partial charge is 0.329 e. The zero-order valence-corrected chi connectivity index (χ0v) is 13.3. The molecule has 1 aromatic carbocycles. The van der Waals surface area contributed by atoms with Crippen LogP contribution >= 0.6 is 0 Å². The fraction of sp³-hybridized carbons (Fsp3) is 0.471. The summed E-state index contributed by atoms with van der Waals surface area (Å²) in [4.78, 5) is 17.2. The molecule has 1 aromatic heterocycles. The first-order chi connectivity index (χ1) is 11.2. The zero-order chi connectivity index (χ0) is 15.8. The summed E-state index contributed by atoms with van der Waals surface area (Å²) < 4.78 is 1.74. The van der Waals surface area contributed by atoms with E-state index in [9.17, 15) is 4.79 Å². The standard InChI is InChI=1S/C17H21N5O/c1-20-10-14-7-8-15(11-20)22(14)17(23)16-12-21(19-18-16)9-13-5-3-2-4-6-13/h2-6,12,14-15H,7-11H2,1H3. The molecule has 2 aliphatic rings. The molecule has 0 aliphatic carbocycles. The van der Waals surface area contributed by atoms with Gasteiger partial charge in [-0.2, -0.15) is 0 Å². The average molecular weight is 311 g/mol. The molecule has 2 unspecified atom stereocenters. The number of carbonyl (C=O) groups is 1. The number of hydrogen-bond donors (Lipinski definition) is 0. The second-order valence-electron chi connectivity index (χ2n) is 6.61. The summed E-state index contributed by atoms with van der Waals surface area (Å²) >= 11 is 0. The highest BCUT2D eigenvalue weighted by molar-refractivity contribution is 5.92. The van der Waals surface area contributed by atoms with E-state index in [0.29, 0.717) is 24.3 Å². The molecule has 2 bridgehead atoms. The van der Waals surface area contributed by atoms with Gasteiger partial charge in [-0.3, -0.25) is 4.79 Å². The molecule has 0 radical (unpaired) electrons. The molecule has 3 heterocycles. The van der Waals surface area contributed by atoms with Gasteiger partial charge in [-0.15, -0.1) is 5.10 Å². The van der Waals surface area contributed by atoms with Crippen LogP contribution < -0.4 is 0 Å². The summed E-state index contributed by atoms with van der Waals surface area (Å²) in [5, 5.41) is 8.23. The normalized spacial score (nSPS) is 24.1. The van der Waals surface area contributed by atoms with Crippen molar-refractivity contribution in [2.45, 2.75) is 31.5 Å². The molecular weight excluding hydrogens is 290 g/mol. The van der Waals surface area contributed by atoms with Crippen LogP contribution in [0.2, 0.25) is 0 Å². The Labute approximate surface area is 135 Å². The maximum atomic E-state index is 12.8. The van der Waals surface area contributed by atoms with Gasteiger partial charge in [-0.25, -0.2) is 4.68 Å². The summed E-state index contributed by atoms with van der Waals surface area (Å²) in [5.41, 5.74) is 1.61. The predicted octanol–water partition coefficient (Wildman–Crippen LogP) is 1.24. The molecule has 23 heavy (non-hydrogen) atoms. The van der Waals surface area contributed by atoms with Crippen molar-refractivity contribution < 1.29 is 4.79 Å². The predicted molar refractivity (Wildman–Crippen MR) is 86.0 cm³/mol. The highest BCUT2D eigenvalue weighted by Crippen LogP contribution is 2.30. The second kappa shape index (κ2) is 5.77. The molecule has 6 heteroatoms. The Bertz CT molecular complexity index is 684. The third-order valence-corrected chi connectivity index (χ3v) is 4.84. The molecule has 6 nitrogen and oxygen atoms in total. The van der Waals surface area contributed by atoms with Crippen LogP contribution in [0.15, 0.2) is 36.5 Å². The lowest BCUT2D eigenvalue weighted by Gasteiger charge is -2.39. The smallest absolute Gasteiger partial charge is 0.276 e. The first-order valence-electron chi connectivity index (χ1n) is 8.16. The molecule has 0 spiro atoms. The Kier molecular flexibility index (Phi) is 3.61. The number of likely N-dealkylation sites (N-methyl/N-ethyl adjacent to an activating group) is 1. The lowest BCUT2D eigenvalue weighted by atomic mass is 10.2. The van der Waals surface area contributed by atoms with Gasteiger partial charge in [0, 0.05) is 25.2 Å². The van der Waals surface area contributed by atoms with Gasteiger partial charge < -0.3 is 9.80 Å². The quantitative estimate of drug-likeness (QED) is 0.856. The Morgan fingerprint density at radius 1 is 1.17 bits per heavy atom. The lowest BCUT2D eigenvalue weighted by Crippen LogP contribution is -2.54. The Morgan fingerprint density at radius 3 is 2.57 bits per heavy atom. The molecular formula is C17H21N5O. The van der Waals surface area contributed by atoms with Crippen molar-refractivity contribution >= 4 is 5.91 Å². The van der Waals surface area contributed by atoms with E-state index in [1.165, 1.54) is 0 Å². The molecule has 120 valence electrons. The van der Waals surface area contributed by atoms with Gasteiger partial charge in [0.15, 0.2) is 5.69 Å². The van der Waals surface area contributed by atoms with E-state index in [1.54, 1.807) is 10.9 Å². The van der Waals surface area contributed by atoms with Crippen molar-refractivity contribution in [3.63, 3.8) is 0 Å². The van der Waals surface area contributed by atoms with Crippen molar-refractivity contribution in [3.8, 4) is 0 Å². The number of piperazine rings is 1. The minimum atomic E-state index is 0.0323. The van der Waals surface area contributed by atoms with Crippen molar-refractivity contribution in [2.24, 2.45) is 0 Å². The highest BCUT2D eigenvalue weighted by Gasteiger charge is 2.42. The molecule has 1 amide bonds. The molecule has 2 aliphatic heterocycles. The molecule has 0 N–H and O–H groups in total. The van der Waals surface area contributed by atoms with Crippen LogP contribution in [0.5, 0.6) is 0 Å². The van der Waals surface area contributed by atoms with Crippen LogP contribution in [-0.2, 0) is 6.54 Å². The maximum absolute atomic E-state index is 12.8. The number of hydrogen-bond acceptors (Lipinski definition) is 4. The summed E-state index contributed by atoms with van der Waals surface area (Å²) in [5.74, 6) is 0.0323. The number of amides is 1. The summed E-state index contributed by atoms with van der Waals surface area (Å²) in [7, 11) is 2.13. The molecule has 2 saturated heterocycles. The minimum Gasteiger partial charge on any atom is -0.329 e. The first kappa shape index (κ1) is 14.4. The summed E-state index contributed by atoms with van der Waals surface area (Å²) in [6.07, 6.45) is 3.96.